The molecular weight excluding hydrogens is 132 g/mol. The van der Waals surface area contributed by atoms with E-state index in [1.54, 1.807) is 0 Å². The summed E-state index contributed by atoms with van der Waals surface area (Å²) in [6.07, 6.45) is 2.82. The largest absolute Gasteiger partial charge is 0.0648 e. The van der Waals surface area contributed by atoms with Crippen LogP contribution in [0.25, 0.3) is 0 Å². The van der Waals surface area contributed by atoms with Gasteiger partial charge in [-0.2, -0.15) is 0 Å². The third-order valence-electron chi connectivity index (χ3n) is 3.90. The Morgan fingerprint density at radius 3 is 1.73 bits per heavy atom. The molecule has 0 radical (unpaired) electrons. The molecule has 1 fully saturated rings. The fourth-order valence-electron chi connectivity index (χ4n) is 2.87. The topological polar surface area (TPSA) is 0 Å². The maximum absolute atomic E-state index is 2.41. The first-order chi connectivity index (χ1) is 5.04. The molecule has 0 saturated heterocycles. The van der Waals surface area contributed by atoms with E-state index in [0.29, 0.717) is 0 Å². The van der Waals surface area contributed by atoms with E-state index in [1.807, 2.05) is 0 Å². The number of rotatable bonds is 3. The molecule has 1 aliphatic rings. The van der Waals surface area contributed by atoms with E-state index in [4.69, 9.17) is 0 Å². The molecule has 0 heteroatoms. The van der Waals surface area contributed by atoms with Gasteiger partial charge in [0.05, 0.1) is 0 Å². The molecule has 0 amide bonds. The minimum atomic E-state index is 0.730. The van der Waals surface area contributed by atoms with Gasteiger partial charge in [0.2, 0.25) is 0 Å². The average Bonchev–Trinajstić information content (AvgIpc) is 2.41. The van der Waals surface area contributed by atoms with Crippen LogP contribution in [0.15, 0.2) is 0 Å². The molecule has 0 aromatic heterocycles. The molecule has 1 aliphatic carbocycles. The zero-order chi connectivity index (χ0) is 8.65. The van der Waals surface area contributed by atoms with Gasteiger partial charge in [0.25, 0.3) is 0 Å². The van der Waals surface area contributed by atoms with E-state index < -0.39 is 0 Å². The molecule has 0 aromatic rings. The molecule has 0 spiro atoms. The molecule has 11 heavy (non-hydrogen) atoms. The fourth-order valence-corrected chi connectivity index (χ4v) is 2.87. The van der Waals surface area contributed by atoms with E-state index >= 15 is 0 Å². The molecule has 0 aliphatic heterocycles. The maximum Gasteiger partial charge on any atom is -0.0241 e. The van der Waals surface area contributed by atoms with Crippen LogP contribution in [0, 0.1) is 23.2 Å². The highest BCUT2D eigenvalue weighted by atomic mass is 14.6. The second-order valence-corrected chi connectivity index (χ2v) is 4.76. The molecule has 2 atom stereocenters. The van der Waals surface area contributed by atoms with E-state index in [-0.39, 0.29) is 0 Å². The van der Waals surface area contributed by atoms with Crippen molar-refractivity contribution in [1.29, 1.82) is 0 Å². The van der Waals surface area contributed by atoms with Crippen LogP contribution >= 0.6 is 0 Å². The lowest BCUT2D eigenvalue weighted by Gasteiger charge is -2.17. The predicted molar refractivity (Wildman–Crippen MR) is 50.5 cm³/mol. The number of hydrogen-bond donors (Lipinski definition) is 0. The van der Waals surface area contributed by atoms with Crippen LogP contribution < -0.4 is 0 Å². The Morgan fingerprint density at radius 1 is 1.18 bits per heavy atom. The summed E-state index contributed by atoms with van der Waals surface area (Å²) in [5.41, 5.74) is 0.730. The number of hydrogen-bond acceptors (Lipinski definition) is 0. The smallest absolute Gasteiger partial charge is 0.0241 e. The van der Waals surface area contributed by atoms with Crippen LogP contribution in [0.3, 0.4) is 0 Å². The molecule has 2 unspecified atom stereocenters. The second-order valence-electron chi connectivity index (χ2n) is 4.76. The van der Waals surface area contributed by atoms with Gasteiger partial charge in [0.15, 0.2) is 0 Å². The lowest BCUT2D eigenvalue weighted by atomic mass is 9.88. The van der Waals surface area contributed by atoms with Gasteiger partial charge in [-0.3, -0.25) is 0 Å². The van der Waals surface area contributed by atoms with E-state index in [2.05, 4.69) is 34.6 Å². The maximum atomic E-state index is 2.41. The van der Waals surface area contributed by atoms with Crippen LogP contribution in [0.2, 0.25) is 0 Å². The molecule has 0 nitrogen and oxygen atoms in total. The molecular formula is C11H22. The summed E-state index contributed by atoms with van der Waals surface area (Å²) in [7, 11) is 0. The van der Waals surface area contributed by atoms with Gasteiger partial charge in [0.1, 0.15) is 0 Å². The molecule has 0 aromatic carbocycles. The second kappa shape index (κ2) is 2.80. The van der Waals surface area contributed by atoms with Crippen molar-refractivity contribution in [2.75, 3.05) is 0 Å². The van der Waals surface area contributed by atoms with Crippen molar-refractivity contribution in [3.63, 3.8) is 0 Å². The quantitative estimate of drug-likeness (QED) is 0.581. The first kappa shape index (κ1) is 9.09. The lowest BCUT2D eigenvalue weighted by Crippen LogP contribution is -2.07. The summed E-state index contributed by atoms with van der Waals surface area (Å²) in [6.45, 7) is 11.9. The van der Waals surface area contributed by atoms with Crippen LogP contribution in [0.5, 0.6) is 0 Å². The Morgan fingerprint density at radius 2 is 1.64 bits per heavy atom. The SMILES string of the molecule is CCC1(CC(C)C)C(C)C1C. The van der Waals surface area contributed by atoms with Gasteiger partial charge in [0, 0.05) is 0 Å². The summed E-state index contributed by atoms with van der Waals surface area (Å²) < 4.78 is 0. The van der Waals surface area contributed by atoms with Gasteiger partial charge in [-0.05, 0) is 36.0 Å². The van der Waals surface area contributed by atoms with Crippen molar-refractivity contribution >= 4 is 0 Å². The van der Waals surface area contributed by atoms with Crippen LogP contribution in [0.4, 0.5) is 0 Å². The predicted octanol–water partition coefficient (Wildman–Crippen LogP) is 3.71. The third-order valence-corrected chi connectivity index (χ3v) is 3.90. The van der Waals surface area contributed by atoms with Crippen molar-refractivity contribution in [3.8, 4) is 0 Å². The van der Waals surface area contributed by atoms with Crippen molar-refractivity contribution in [2.24, 2.45) is 23.2 Å². The van der Waals surface area contributed by atoms with Crippen LogP contribution in [-0.4, -0.2) is 0 Å². The van der Waals surface area contributed by atoms with Crippen molar-refractivity contribution in [1.82, 2.24) is 0 Å². The van der Waals surface area contributed by atoms with Gasteiger partial charge in [-0.1, -0.05) is 34.6 Å². The Balaban J connectivity index is 2.52. The highest BCUT2D eigenvalue weighted by molar-refractivity contribution is 5.05. The molecule has 0 N–H and O–H groups in total. The van der Waals surface area contributed by atoms with Crippen LogP contribution in [0.1, 0.15) is 47.5 Å². The van der Waals surface area contributed by atoms with E-state index in [9.17, 15) is 0 Å². The molecule has 1 saturated carbocycles. The summed E-state index contributed by atoms with van der Waals surface area (Å²) in [6, 6.07) is 0. The van der Waals surface area contributed by atoms with Crippen LogP contribution in [-0.2, 0) is 0 Å². The molecule has 0 bridgehead atoms. The molecule has 66 valence electrons. The van der Waals surface area contributed by atoms with Gasteiger partial charge in [-0.15, -0.1) is 0 Å². The van der Waals surface area contributed by atoms with Crippen molar-refractivity contribution in [2.45, 2.75) is 47.5 Å². The first-order valence-corrected chi connectivity index (χ1v) is 5.04. The monoisotopic (exact) mass is 154 g/mol. The average molecular weight is 154 g/mol. The first-order valence-electron chi connectivity index (χ1n) is 5.04. The standard InChI is InChI=1S/C11H22/c1-6-11(7-8(2)3)9(4)10(11)5/h8-10H,6-7H2,1-5H3. The summed E-state index contributed by atoms with van der Waals surface area (Å²) in [5.74, 6) is 2.84. The van der Waals surface area contributed by atoms with Crippen molar-refractivity contribution in [3.05, 3.63) is 0 Å². The zero-order valence-electron chi connectivity index (χ0n) is 8.65. The minimum absolute atomic E-state index is 0.730. The summed E-state index contributed by atoms with van der Waals surface area (Å²) >= 11 is 0. The normalized spacial score (nSPS) is 43.1. The Hall–Kier alpha value is 0. The van der Waals surface area contributed by atoms with Crippen molar-refractivity contribution < 1.29 is 0 Å². The minimum Gasteiger partial charge on any atom is -0.0648 e. The Labute approximate surface area is 71.4 Å². The lowest BCUT2D eigenvalue weighted by molar-refractivity contribution is 0.334. The summed E-state index contributed by atoms with van der Waals surface area (Å²) in [5, 5.41) is 0. The van der Waals surface area contributed by atoms with E-state index in [1.165, 1.54) is 12.8 Å². The van der Waals surface area contributed by atoms with E-state index in [0.717, 1.165) is 23.2 Å². The zero-order valence-corrected chi connectivity index (χ0v) is 8.65. The van der Waals surface area contributed by atoms with Gasteiger partial charge < -0.3 is 0 Å². The Bertz CT molecular complexity index is 127. The molecule has 1 rings (SSSR count). The highest BCUT2D eigenvalue weighted by Gasteiger charge is 2.56. The third kappa shape index (κ3) is 1.32. The molecule has 0 heterocycles. The van der Waals surface area contributed by atoms with Gasteiger partial charge in [-0.25, -0.2) is 0 Å². The Kier molecular flexibility index (Phi) is 2.32. The summed E-state index contributed by atoms with van der Waals surface area (Å²) in [4.78, 5) is 0. The fraction of sp³-hybridized carbons (Fsp3) is 1.00. The van der Waals surface area contributed by atoms with Gasteiger partial charge >= 0.3 is 0 Å². The highest BCUT2D eigenvalue weighted by Crippen LogP contribution is 2.63.